The second-order valence-electron chi connectivity index (χ2n) is 6.81. The number of aldehydes is 1. The van der Waals surface area contributed by atoms with E-state index in [9.17, 15) is 22.2 Å². The van der Waals surface area contributed by atoms with E-state index in [1.807, 2.05) is 13.8 Å². The minimum absolute atomic E-state index is 0.00319. The van der Waals surface area contributed by atoms with Gasteiger partial charge in [-0.2, -0.15) is 8.42 Å². The molecule has 0 fully saturated rings. The normalized spacial score (nSPS) is 13.4. The lowest BCUT2D eigenvalue weighted by Gasteiger charge is -2.15. The van der Waals surface area contributed by atoms with Crippen LogP contribution < -0.4 is 0 Å². The summed E-state index contributed by atoms with van der Waals surface area (Å²) in [4.78, 5) is 23.4. The summed E-state index contributed by atoms with van der Waals surface area (Å²) in [6, 6.07) is 13.1. The molecule has 0 heterocycles. The van der Waals surface area contributed by atoms with E-state index >= 15 is 0 Å². The lowest BCUT2D eigenvalue weighted by Crippen LogP contribution is -2.23. The van der Waals surface area contributed by atoms with Crippen LogP contribution in [0.4, 0.5) is 0 Å². The fraction of sp³-hybridized carbons (Fsp3) is 0.333. The standard InChI is InChI=1S/C21H24O7S2/c1-16-3-7-19(8-4-16)29(24)15-21(23)27-13-18(11-12-22)14-28-30(25,26)20-9-5-17(2)6-10-20/h3-10,12,18H,11,13-15H2,1-2H3/t18-,29+/m0/s1. The fourth-order valence-electron chi connectivity index (χ4n) is 2.41. The van der Waals surface area contributed by atoms with Gasteiger partial charge < -0.3 is 9.53 Å². The maximum atomic E-state index is 12.3. The smallest absolute Gasteiger partial charge is 0.318 e. The van der Waals surface area contributed by atoms with Crippen LogP contribution in [0.5, 0.6) is 0 Å². The third kappa shape index (κ3) is 7.47. The number of esters is 1. The first-order valence-electron chi connectivity index (χ1n) is 9.21. The Hall–Kier alpha value is -2.36. The van der Waals surface area contributed by atoms with Gasteiger partial charge in [0.05, 0.1) is 28.9 Å². The van der Waals surface area contributed by atoms with E-state index < -0.39 is 32.8 Å². The largest absolute Gasteiger partial charge is 0.465 e. The van der Waals surface area contributed by atoms with Crippen LogP contribution in [0.3, 0.4) is 0 Å². The molecule has 0 aromatic heterocycles. The van der Waals surface area contributed by atoms with Crippen LogP contribution in [0.15, 0.2) is 58.3 Å². The van der Waals surface area contributed by atoms with E-state index in [4.69, 9.17) is 8.92 Å². The van der Waals surface area contributed by atoms with Gasteiger partial charge >= 0.3 is 5.97 Å². The number of aryl methyl sites for hydroxylation is 2. The van der Waals surface area contributed by atoms with Gasteiger partial charge in [-0.3, -0.25) is 13.2 Å². The molecule has 2 rings (SSSR count). The van der Waals surface area contributed by atoms with Gasteiger partial charge in [-0.1, -0.05) is 35.4 Å². The van der Waals surface area contributed by atoms with E-state index in [0.717, 1.165) is 11.1 Å². The molecular weight excluding hydrogens is 428 g/mol. The third-order valence-corrected chi connectivity index (χ3v) is 6.80. The summed E-state index contributed by atoms with van der Waals surface area (Å²) in [6.07, 6.45) is 0.558. The Balaban J connectivity index is 1.88. The van der Waals surface area contributed by atoms with Gasteiger partial charge in [-0.05, 0) is 38.1 Å². The van der Waals surface area contributed by atoms with Crippen molar-refractivity contribution in [2.24, 2.45) is 5.92 Å². The van der Waals surface area contributed by atoms with Crippen LogP contribution in [0, 0.1) is 19.8 Å². The van der Waals surface area contributed by atoms with Crippen LogP contribution in [0.25, 0.3) is 0 Å². The quantitative estimate of drug-likeness (QED) is 0.293. The van der Waals surface area contributed by atoms with Crippen LogP contribution >= 0.6 is 0 Å². The lowest BCUT2D eigenvalue weighted by atomic mass is 10.1. The van der Waals surface area contributed by atoms with Gasteiger partial charge in [0.15, 0.2) is 0 Å². The highest BCUT2D eigenvalue weighted by atomic mass is 32.2. The highest BCUT2D eigenvalue weighted by Gasteiger charge is 2.20. The molecule has 0 radical (unpaired) electrons. The van der Waals surface area contributed by atoms with Crippen molar-refractivity contribution in [1.29, 1.82) is 0 Å². The molecule has 7 nitrogen and oxygen atoms in total. The molecule has 0 saturated heterocycles. The first kappa shape index (κ1) is 23.9. The summed E-state index contributed by atoms with van der Waals surface area (Å²) >= 11 is 0. The minimum atomic E-state index is -3.99. The monoisotopic (exact) mass is 452 g/mol. The molecule has 2 atom stereocenters. The van der Waals surface area contributed by atoms with Crippen molar-refractivity contribution in [3.63, 3.8) is 0 Å². The highest BCUT2D eigenvalue weighted by Crippen LogP contribution is 2.16. The molecule has 9 heteroatoms. The van der Waals surface area contributed by atoms with E-state index in [0.29, 0.717) is 11.2 Å². The zero-order chi connectivity index (χ0) is 22.1. The molecule has 0 amide bonds. The molecule has 0 saturated carbocycles. The number of benzene rings is 2. The second kappa shape index (κ2) is 11.1. The van der Waals surface area contributed by atoms with E-state index in [-0.39, 0.29) is 30.3 Å². The van der Waals surface area contributed by atoms with Crippen molar-refractivity contribution >= 4 is 33.2 Å². The van der Waals surface area contributed by atoms with Gasteiger partial charge in [0.1, 0.15) is 12.0 Å². The molecular formula is C21H24O7S2. The summed E-state index contributed by atoms with van der Waals surface area (Å²) in [5.41, 5.74) is 1.92. The SMILES string of the molecule is Cc1ccc([S@](=O)CC(=O)OC[C@H](CC=O)COS(=O)(=O)c2ccc(C)cc2)cc1. The lowest BCUT2D eigenvalue weighted by molar-refractivity contribution is -0.142. The Kier molecular flexibility index (Phi) is 8.88. The number of hydrogen-bond acceptors (Lipinski definition) is 7. The van der Waals surface area contributed by atoms with Crippen LogP contribution in [0.2, 0.25) is 0 Å². The molecule has 0 N–H and O–H groups in total. The molecule has 0 aliphatic carbocycles. The zero-order valence-electron chi connectivity index (χ0n) is 16.8. The Morgan fingerprint density at radius 3 is 2.13 bits per heavy atom. The molecule has 162 valence electrons. The average Bonchev–Trinajstić information content (AvgIpc) is 2.71. The third-order valence-electron chi connectivity index (χ3n) is 4.21. The molecule has 0 aliphatic heterocycles. The maximum absolute atomic E-state index is 12.3. The summed E-state index contributed by atoms with van der Waals surface area (Å²) in [7, 11) is -5.55. The summed E-state index contributed by atoms with van der Waals surface area (Å²) in [5.74, 6) is -1.68. The topological polar surface area (TPSA) is 104 Å². The first-order chi connectivity index (χ1) is 14.2. The Morgan fingerprint density at radius 2 is 1.57 bits per heavy atom. The molecule has 0 bridgehead atoms. The number of carbonyl (C=O) groups is 2. The molecule has 2 aromatic carbocycles. The van der Waals surface area contributed by atoms with E-state index in [2.05, 4.69) is 0 Å². The number of hydrogen-bond donors (Lipinski definition) is 0. The highest BCUT2D eigenvalue weighted by molar-refractivity contribution is 7.86. The van der Waals surface area contributed by atoms with Crippen molar-refractivity contribution in [2.45, 2.75) is 30.1 Å². The fourth-order valence-corrected chi connectivity index (χ4v) is 4.29. The van der Waals surface area contributed by atoms with E-state index in [1.54, 1.807) is 36.4 Å². The molecule has 30 heavy (non-hydrogen) atoms. The minimum Gasteiger partial charge on any atom is -0.465 e. The van der Waals surface area contributed by atoms with Gasteiger partial charge in [0.25, 0.3) is 10.1 Å². The van der Waals surface area contributed by atoms with Crippen molar-refractivity contribution in [2.75, 3.05) is 19.0 Å². The molecule has 0 spiro atoms. The summed E-state index contributed by atoms with van der Waals surface area (Å²) in [6.45, 7) is 3.20. The van der Waals surface area contributed by atoms with Crippen molar-refractivity contribution in [1.82, 2.24) is 0 Å². The Labute approximate surface area is 179 Å². The zero-order valence-corrected chi connectivity index (χ0v) is 18.4. The van der Waals surface area contributed by atoms with E-state index in [1.165, 1.54) is 12.1 Å². The Morgan fingerprint density at radius 1 is 1.00 bits per heavy atom. The van der Waals surface area contributed by atoms with Crippen molar-refractivity contribution in [3.05, 3.63) is 59.7 Å². The predicted octanol–water partition coefficient (Wildman–Crippen LogP) is 2.56. The summed E-state index contributed by atoms with van der Waals surface area (Å²) in [5, 5.41) is 0. The van der Waals surface area contributed by atoms with Crippen LogP contribution in [-0.4, -0.2) is 43.8 Å². The number of ether oxygens (including phenoxy) is 1. The van der Waals surface area contributed by atoms with Crippen LogP contribution in [0.1, 0.15) is 17.5 Å². The van der Waals surface area contributed by atoms with Crippen LogP contribution in [-0.2, 0) is 39.4 Å². The molecule has 0 unspecified atom stereocenters. The van der Waals surface area contributed by atoms with Crippen molar-refractivity contribution < 1.29 is 31.1 Å². The van der Waals surface area contributed by atoms with Gasteiger partial charge in [0, 0.05) is 17.2 Å². The predicted molar refractivity (Wildman–Crippen MR) is 112 cm³/mol. The number of rotatable bonds is 11. The first-order valence-corrected chi connectivity index (χ1v) is 11.9. The maximum Gasteiger partial charge on any atom is 0.318 e. The summed E-state index contributed by atoms with van der Waals surface area (Å²) < 4.78 is 46.9. The number of carbonyl (C=O) groups excluding carboxylic acids is 2. The Bertz CT molecular complexity index is 981. The average molecular weight is 453 g/mol. The molecule has 2 aromatic rings. The van der Waals surface area contributed by atoms with Crippen molar-refractivity contribution in [3.8, 4) is 0 Å². The van der Waals surface area contributed by atoms with Gasteiger partial charge in [0.2, 0.25) is 0 Å². The van der Waals surface area contributed by atoms with Gasteiger partial charge in [-0.25, -0.2) is 0 Å². The molecule has 0 aliphatic rings. The van der Waals surface area contributed by atoms with Gasteiger partial charge in [-0.15, -0.1) is 0 Å². The second-order valence-corrected chi connectivity index (χ2v) is 9.87.